The Balaban J connectivity index is 2.03. The monoisotopic (exact) mass is 219 g/mol. The van der Waals surface area contributed by atoms with Gasteiger partial charge in [-0.05, 0) is 10.8 Å². The summed E-state index contributed by atoms with van der Waals surface area (Å²) in [5, 5.41) is 21.9. The summed E-state index contributed by atoms with van der Waals surface area (Å²) >= 11 is 0. The van der Waals surface area contributed by atoms with E-state index in [9.17, 15) is 0 Å². The molecule has 6 heteroatoms. The van der Waals surface area contributed by atoms with Gasteiger partial charge in [0.05, 0.1) is 13.1 Å². The van der Waals surface area contributed by atoms with Crippen molar-refractivity contribution in [1.29, 1.82) is 0 Å². The molecule has 0 aliphatic rings. The van der Waals surface area contributed by atoms with E-state index in [0.29, 0.717) is 12.4 Å². The molecule has 0 saturated heterocycles. The van der Waals surface area contributed by atoms with Gasteiger partial charge in [0.15, 0.2) is 5.82 Å². The lowest BCUT2D eigenvalue weighted by molar-refractivity contribution is -0.0751. The molecule has 1 heterocycles. The fraction of sp³-hybridized carbons (Fsp3) is 0.300. The second-order valence-electron chi connectivity index (χ2n) is 3.54. The van der Waals surface area contributed by atoms with Gasteiger partial charge in [0.25, 0.3) is 0 Å². The smallest absolute Gasteiger partial charge is 0.191 e. The number of benzene rings is 1. The second-order valence-corrected chi connectivity index (χ2v) is 3.54. The fourth-order valence-electron chi connectivity index (χ4n) is 1.36. The average molecular weight is 219 g/mol. The lowest BCUT2D eigenvalue weighted by Gasteiger charge is -2.02. The topological polar surface area (TPSA) is 67.1 Å². The summed E-state index contributed by atoms with van der Waals surface area (Å²) in [7, 11) is 1.54. The van der Waals surface area contributed by atoms with Crippen molar-refractivity contribution < 1.29 is 5.21 Å². The first-order valence-corrected chi connectivity index (χ1v) is 4.94. The maximum atomic E-state index is 9.02. The number of aromatic nitrogens is 4. The molecule has 0 saturated carbocycles. The van der Waals surface area contributed by atoms with Gasteiger partial charge in [-0.2, -0.15) is 9.86 Å². The highest BCUT2D eigenvalue weighted by Crippen LogP contribution is 2.00. The van der Waals surface area contributed by atoms with Gasteiger partial charge >= 0.3 is 0 Å². The van der Waals surface area contributed by atoms with Gasteiger partial charge < -0.3 is 5.21 Å². The molecule has 0 fully saturated rings. The van der Waals surface area contributed by atoms with Gasteiger partial charge in [-0.3, -0.25) is 0 Å². The highest BCUT2D eigenvalue weighted by molar-refractivity contribution is 5.14. The average Bonchev–Trinajstić information content (AvgIpc) is 2.66. The van der Waals surface area contributed by atoms with Gasteiger partial charge in [0.2, 0.25) is 0 Å². The minimum absolute atomic E-state index is 0.273. The molecule has 0 aliphatic carbocycles. The normalized spacial score (nSPS) is 10.9. The summed E-state index contributed by atoms with van der Waals surface area (Å²) < 4.78 is 0. The highest BCUT2D eigenvalue weighted by atomic mass is 16.5. The molecule has 0 bridgehead atoms. The predicted molar refractivity (Wildman–Crippen MR) is 56.6 cm³/mol. The summed E-state index contributed by atoms with van der Waals surface area (Å²) in [6.07, 6.45) is 0. The Morgan fingerprint density at radius 1 is 1.31 bits per heavy atom. The lowest BCUT2D eigenvalue weighted by Crippen LogP contribution is -2.13. The fourth-order valence-corrected chi connectivity index (χ4v) is 1.36. The highest BCUT2D eigenvalue weighted by Gasteiger charge is 2.04. The van der Waals surface area contributed by atoms with E-state index in [1.165, 1.54) is 11.8 Å². The first-order chi connectivity index (χ1) is 7.74. The standard InChI is InChI=1S/C10H13N5O/c1-14(16)8-10-11-13-15(12-10)7-9-5-3-2-4-6-9/h2-6,16H,7-8H2,1H3. The van der Waals surface area contributed by atoms with Crippen molar-refractivity contribution in [2.45, 2.75) is 13.1 Å². The Bertz CT molecular complexity index is 439. The molecule has 0 radical (unpaired) electrons. The summed E-state index contributed by atoms with van der Waals surface area (Å²) in [5.74, 6) is 0.501. The third kappa shape index (κ3) is 2.85. The van der Waals surface area contributed by atoms with Crippen molar-refractivity contribution in [2.24, 2.45) is 0 Å². The largest absolute Gasteiger partial charge is 0.314 e. The first-order valence-electron chi connectivity index (χ1n) is 4.94. The van der Waals surface area contributed by atoms with E-state index < -0.39 is 0 Å². The van der Waals surface area contributed by atoms with Crippen LogP contribution >= 0.6 is 0 Å². The zero-order chi connectivity index (χ0) is 11.4. The van der Waals surface area contributed by atoms with Crippen molar-refractivity contribution in [2.75, 3.05) is 7.05 Å². The molecule has 0 atom stereocenters. The van der Waals surface area contributed by atoms with Crippen LogP contribution in [0.4, 0.5) is 0 Å². The van der Waals surface area contributed by atoms with E-state index in [0.717, 1.165) is 10.6 Å². The van der Waals surface area contributed by atoms with E-state index in [1.807, 2.05) is 30.3 Å². The second kappa shape index (κ2) is 4.82. The van der Waals surface area contributed by atoms with Gasteiger partial charge in [0.1, 0.15) is 0 Å². The molecule has 6 nitrogen and oxygen atoms in total. The van der Waals surface area contributed by atoms with E-state index >= 15 is 0 Å². The Labute approximate surface area is 93.1 Å². The van der Waals surface area contributed by atoms with Crippen LogP contribution < -0.4 is 0 Å². The molecule has 0 aliphatic heterocycles. The van der Waals surface area contributed by atoms with Gasteiger partial charge in [-0.1, -0.05) is 30.3 Å². The number of nitrogens with zero attached hydrogens (tertiary/aromatic N) is 5. The van der Waals surface area contributed by atoms with Crippen LogP contribution in [0.2, 0.25) is 0 Å². The van der Waals surface area contributed by atoms with E-state index in [-0.39, 0.29) is 6.54 Å². The summed E-state index contributed by atoms with van der Waals surface area (Å²) in [5.41, 5.74) is 1.11. The Morgan fingerprint density at radius 2 is 2.06 bits per heavy atom. The van der Waals surface area contributed by atoms with E-state index in [2.05, 4.69) is 15.4 Å². The summed E-state index contributed by atoms with van der Waals surface area (Å²) in [4.78, 5) is 1.51. The van der Waals surface area contributed by atoms with Crippen LogP contribution in [-0.4, -0.2) is 37.5 Å². The van der Waals surface area contributed by atoms with Gasteiger partial charge in [-0.15, -0.1) is 10.2 Å². The van der Waals surface area contributed by atoms with Crippen LogP contribution in [0, 0.1) is 0 Å². The number of hydrogen-bond acceptors (Lipinski definition) is 5. The number of hydroxylamine groups is 2. The minimum atomic E-state index is 0.273. The maximum absolute atomic E-state index is 9.02. The van der Waals surface area contributed by atoms with Crippen LogP contribution in [0.15, 0.2) is 30.3 Å². The molecule has 1 aromatic carbocycles. The molecule has 84 valence electrons. The molecule has 2 aromatic rings. The van der Waals surface area contributed by atoms with Gasteiger partial charge in [-0.25, -0.2) is 0 Å². The number of hydrogen-bond donors (Lipinski definition) is 1. The van der Waals surface area contributed by atoms with Crippen molar-refractivity contribution in [3.8, 4) is 0 Å². The predicted octanol–water partition coefficient (Wildman–Crippen LogP) is 0.542. The zero-order valence-electron chi connectivity index (χ0n) is 8.98. The van der Waals surface area contributed by atoms with Gasteiger partial charge in [0, 0.05) is 7.05 Å². The third-order valence-electron chi connectivity index (χ3n) is 2.03. The Morgan fingerprint density at radius 3 is 2.75 bits per heavy atom. The maximum Gasteiger partial charge on any atom is 0.191 e. The quantitative estimate of drug-likeness (QED) is 0.760. The minimum Gasteiger partial charge on any atom is -0.314 e. The molecule has 0 amide bonds. The lowest BCUT2D eigenvalue weighted by atomic mass is 10.2. The van der Waals surface area contributed by atoms with Crippen LogP contribution in [0.1, 0.15) is 11.4 Å². The molecule has 1 N–H and O–H groups in total. The van der Waals surface area contributed by atoms with Crippen LogP contribution in [-0.2, 0) is 13.1 Å². The molecule has 0 spiro atoms. The van der Waals surface area contributed by atoms with Crippen molar-refractivity contribution in [3.63, 3.8) is 0 Å². The van der Waals surface area contributed by atoms with E-state index in [4.69, 9.17) is 5.21 Å². The third-order valence-corrected chi connectivity index (χ3v) is 2.03. The SMILES string of the molecule is CN(O)Cc1nnn(Cc2ccccc2)n1. The Hall–Kier alpha value is -1.79. The number of tetrazole rings is 1. The first kappa shape index (κ1) is 10.7. The Kier molecular flexibility index (Phi) is 3.23. The van der Waals surface area contributed by atoms with Crippen LogP contribution in [0.25, 0.3) is 0 Å². The molecule has 2 rings (SSSR count). The van der Waals surface area contributed by atoms with E-state index in [1.54, 1.807) is 0 Å². The number of rotatable bonds is 4. The van der Waals surface area contributed by atoms with Crippen molar-refractivity contribution in [3.05, 3.63) is 41.7 Å². The molecular weight excluding hydrogens is 206 g/mol. The summed E-state index contributed by atoms with van der Waals surface area (Å²) in [6, 6.07) is 9.90. The molecule has 1 aromatic heterocycles. The summed E-state index contributed by atoms with van der Waals surface area (Å²) in [6.45, 7) is 0.859. The van der Waals surface area contributed by atoms with Crippen molar-refractivity contribution >= 4 is 0 Å². The molecule has 16 heavy (non-hydrogen) atoms. The van der Waals surface area contributed by atoms with Crippen LogP contribution in [0.3, 0.4) is 0 Å². The van der Waals surface area contributed by atoms with Crippen molar-refractivity contribution in [1.82, 2.24) is 25.3 Å². The molecule has 0 unspecified atom stereocenters. The molecular formula is C10H13N5O. The zero-order valence-corrected chi connectivity index (χ0v) is 8.98. The van der Waals surface area contributed by atoms with Crippen LogP contribution in [0.5, 0.6) is 0 Å².